The first kappa shape index (κ1) is 21.5. The van der Waals surface area contributed by atoms with Crippen molar-refractivity contribution in [2.24, 2.45) is 0 Å². The van der Waals surface area contributed by atoms with Crippen molar-refractivity contribution in [3.63, 3.8) is 0 Å². The third-order valence-electron chi connectivity index (χ3n) is 4.68. The average molecular weight is 409 g/mol. The Balaban J connectivity index is 1.51. The molecule has 0 saturated heterocycles. The van der Waals surface area contributed by atoms with Gasteiger partial charge in [-0.25, -0.2) is 4.79 Å². The number of carbonyl (C=O) groups excluding carboxylic acids is 1. The second-order valence-electron chi connectivity index (χ2n) is 6.68. The van der Waals surface area contributed by atoms with Crippen molar-refractivity contribution < 1.29 is 23.4 Å². The summed E-state index contributed by atoms with van der Waals surface area (Å²) in [5.74, 6) is 2.77. The zero-order valence-electron chi connectivity index (χ0n) is 17.6. The van der Waals surface area contributed by atoms with Crippen LogP contribution in [0.25, 0.3) is 11.3 Å². The molecule has 0 amide bonds. The quantitative estimate of drug-likeness (QED) is 0.393. The molecule has 30 heavy (non-hydrogen) atoms. The summed E-state index contributed by atoms with van der Waals surface area (Å²) in [6, 6.07) is 17.1. The van der Waals surface area contributed by atoms with Gasteiger partial charge in [0.1, 0.15) is 11.5 Å². The Labute approximate surface area is 176 Å². The van der Waals surface area contributed by atoms with Gasteiger partial charge < -0.3 is 23.9 Å². The summed E-state index contributed by atoms with van der Waals surface area (Å²) in [6.07, 6.45) is 0.864. The maximum atomic E-state index is 11.7. The average Bonchev–Trinajstić information content (AvgIpc) is 3.25. The predicted octanol–water partition coefficient (Wildman–Crippen LogP) is 4.47. The number of rotatable bonds is 10. The van der Waals surface area contributed by atoms with Crippen LogP contribution in [0.5, 0.6) is 11.5 Å². The minimum absolute atomic E-state index is 0.317. The van der Waals surface area contributed by atoms with Gasteiger partial charge in [0.15, 0.2) is 11.5 Å². The fraction of sp³-hybridized carbons (Fsp3) is 0.292. The van der Waals surface area contributed by atoms with Crippen molar-refractivity contribution >= 4 is 5.97 Å². The largest absolute Gasteiger partial charge is 0.493 e. The molecule has 0 aliphatic rings. The Kier molecular flexibility index (Phi) is 7.51. The Hall–Kier alpha value is -3.25. The van der Waals surface area contributed by atoms with Crippen molar-refractivity contribution in [2.75, 3.05) is 27.4 Å². The minimum atomic E-state index is -0.317. The molecule has 0 radical (unpaired) electrons. The molecule has 2 aromatic carbocycles. The van der Waals surface area contributed by atoms with Crippen LogP contribution in [0.4, 0.5) is 0 Å². The number of furan rings is 1. The van der Waals surface area contributed by atoms with Gasteiger partial charge in [0.25, 0.3) is 0 Å². The van der Waals surface area contributed by atoms with E-state index < -0.39 is 0 Å². The second kappa shape index (κ2) is 10.5. The zero-order chi connectivity index (χ0) is 21.3. The van der Waals surface area contributed by atoms with Crippen molar-refractivity contribution in [1.82, 2.24) is 5.32 Å². The molecule has 0 bridgehead atoms. The van der Waals surface area contributed by atoms with Gasteiger partial charge >= 0.3 is 5.97 Å². The van der Waals surface area contributed by atoms with E-state index in [0.29, 0.717) is 18.7 Å². The molecule has 0 saturated carbocycles. The highest BCUT2D eigenvalue weighted by Crippen LogP contribution is 2.27. The summed E-state index contributed by atoms with van der Waals surface area (Å²) in [4.78, 5) is 11.7. The van der Waals surface area contributed by atoms with Crippen molar-refractivity contribution in [3.8, 4) is 22.8 Å². The number of carbonyl (C=O) groups is 1. The van der Waals surface area contributed by atoms with Crippen LogP contribution >= 0.6 is 0 Å². The third kappa shape index (κ3) is 5.42. The fourth-order valence-electron chi connectivity index (χ4n) is 3.09. The van der Waals surface area contributed by atoms with Crippen LogP contribution in [-0.4, -0.2) is 33.3 Å². The van der Waals surface area contributed by atoms with Crippen LogP contribution in [0.1, 0.15) is 28.6 Å². The summed E-state index contributed by atoms with van der Waals surface area (Å²) < 4.78 is 21.5. The van der Waals surface area contributed by atoms with Crippen LogP contribution in [0, 0.1) is 0 Å². The SMILES string of the molecule is CCOC(=O)c1ccc(-c2ccc(CNCCc3ccc(OC)c(OC)c3)o2)cc1. The molecule has 3 aromatic rings. The molecule has 0 fully saturated rings. The number of methoxy groups -OCH3 is 2. The van der Waals surface area contributed by atoms with Gasteiger partial charge in [-0.15, -0.1) is 0 Å². The van der Waals surface area contributed by atoms with E-state index in [1.165, 1.54) is 5.56 Å². The van der Waals surface area contributed by atoms with E-state index in [0.717, 1.165) is 41.5 Å². The molecule has 0 aliphatic heterocycles. The maximum Gasteiger partial charge on any atom is 0.338 e. The fourth-order valence-corrected chi connectivity index (χ4v) is 3.09. The summed E-state index contributed by atoms with van der Waals surface area (Å²) >= 11 is 0. The number of ether oxygens (including phenoxy) is 3. The lowest BCUT2D eigenvalue weighted by atomic mass is 10.1. The lowest BCUT2D eigenvalue weighted by Crippen LogP contribution is -2.16. The Morgan fingerprint density at radius 2 is 1.73 bits per heavy atom. The Morgan fingerprint density at radius 1 is 0.967 bits per heavy atom. The number of benzene rings is 2. The van der Waals surface area contributed by atoms with E-state index in [-0.39, 0.29) is 5.97 Å². The molecule has 0 aliphatic carbocycles. The number of nitrogens with one attached hydrogen (secondary N) is 1. The van der Waals surface area contributed by atoms with E-state index in [1.807, 2.05) is 42.5 Å². The van der Waals surface area contributed by atoms with E-state index >= 15 is 0 Å². The number of esters is 1. The molecule has 6 nitrogen and oxygen atoms in total. The molecule has 1 heterocycles. The monoisotopic (exact) mass is 409 g/mol. The molecular weight excluding hydrogens is 382 g/mol. The molecular formula is C24H27NO5. The topological polar surface area (TPSA) is 69.9 Å². The maximum absolute atomic E-state index is 11.7. The first-order chi connectivity index (χ1) is 14.6. The van der Waals surface area contributed by atoms with E-state index in [4.69, 9.17) is 18.6 Å². The molecule has 0 atom stereocenters. The zero-order valence-corrected chi connectivity index (χ0v) is 17.6. The smallest absolute Gasteiger partial charge is 0.338 e. The Bertz CT molecular complexity index is 962. The Morgan fingerprint density at radius 3 is 2.43 bits per heavy atom. The van der Waals surface area contributed by atoms with Crippen molar-refractivity contribution in [2.45, 2.75) is 19.9 Å². The van der Waals surface area contributed by atoms with Gasteiger partial charge in [-0.1, -0.05) is 18.2 Å². The van der Waals surface area contributed by atoms with Crippen LogP contribution < -0.4 is 14.8 Å². The number of hydrogen-bond donors (Lipinski definition) is 1. The summed E-state index contributed by atoms with van der Waals surface area (Å²) in [7, 11) is 3.27. The highest BCUT2D eigenvalue weighted by molar-refractivity contribution is 5.89. The lowest BCUT2D eigenvalue weighted by molar-refractivity contribution is 0.0526. The molecule has 1 N–H and O–H groups in total. The van der Waals surface area contributed by atoms with E-state index in [9.17, 15) is 4.79 Å². The highest BCUT2D eigenvalue weighted by Gasteiger charge is 2.09. The van der Waals surface area contributed by atoms with Crippen LogP contribution in [0.15, 0.2) is 59.0 Å². The number of hydrogen-bond acceptors (Lipinski definition) is 6. The standard InChI is InChI=1S/C24H27NO5/c1-4-29-24(26)19-8-6-18(7-9-19)21-12-10-20(30-21)16-25-14-13-17-5-11-22(27-2)23(15-17)28-3/h5-12,15,25H,4,13-14,16H2,1-3H3. The van der Waals surface area contributed by atoms with Gasteiger partial charge in [0.05, 0.1) is 32.9 Å². The van der Waals surface area contributed by atoms with Gasteiger partial charge in [-0.2, -0.15) is 0 Å². The molecule has 158 valence electrons. The first-order valence-electron chi connectivity index (χ1n) is 9.92. The van der Waals surface area contributed by atoms with Crippen molar-refractivity contribution in [3.05, 3.63) is 71.5 Å². The third-order valence-corrected chi connectivity index (χ3v) is 4.68. The van der Waals surface area contributed by atoms with E-state index in [2.05, 4.69) is 5.32 Å². The van der Waals surface area contributed by atoms with Crippen LogP contribution in [0.3, 0.4) is 0 Å². The van der Waals surface area contributed by atoms with E-state index in [1.54, 1.807) is 33.3 Å². The van der Waals surface area contributed by atoms with Gasteiger partial charge in [0, 0.05) is 5.56 Å². The minimum Gasteiger partial charge on any atom is -0.493 e. The summed E-state index contributed by atoms with van der Waals surface area (Å²) in [6.45, 7) is 3.59. The van der Waals surface area contributed by atoms with Gasteiger partial charge in [-0.3, -0.25) is 0 Å². The highest BCUT2D eigenvalue weighted by atomic mass is 16.5. The summed E-state index contributed by atoms with van der Waals surface area (Å²) in [5, 5.41) is 3.39. The lowest BCUT2D eigenvalue weighted by Gasteiger charge is -2.09. The molecule has 3 rings (SSSR count). The molecule has 6 heteroatoms. The van der Waals surface area contributed by atoms with Gasteiger partial charge in [0.2, 0.25) is 0 Å². The second-order valence-corrected chi connectivity index (χ2v) is 6.68. The van der Waals surface area contributed by atoms with Crippen LogP contribution in [0.2, 0.25) is 0 Å². The molecule has 0 unspecified atom stereocenters. The van der Waals surface area contributed by atoms with Crippen LogP contribution in [-0.2, 0) is 17.7 Å². The molecule has 0 spiro atoms. The summed E-state index contributed by atoms with van der Waals surface area (Å²) in [5.41, 5.74) is 2.62. The predicted molar refractivity (Wildman–Crippen MR) is 115 cm³/mol. The normalized spacial score (nSPS) is 10.6. The molecule has 1 aromatic heterocycles. The van der Waals surface area contributed by atoms with Gasteiger partial charge in [-0.05, 0) is 61.9 Å². The van der Waals surface area contributed by atoms with Crippen molar-refractivity contribution in [1.29, 1.82) is 0 Å². The first-order valence-corrected chi connectivity index (χ1v) is 9.92.